The molecule has 6 nitrogen and oxygen atoms in total. The number of halogens is 2. The number of benzene rings is 1. The second kappa shape index (κ2) is 6.38. The third-order valence-electron chi connectivity index (χ3n) is 2.95. The van der Waals surface area contributed by atoms with E-state index in [2.05, 4.69) is 10.1 Å². The zero-order valence-electron chi connectivity index (χ0n) is 11.3. The predicted molar refractivity (Wildman–Crippen MR) is 68.5 cm³/mol. The Bertz CT molecular complexity index is 551. The molecule has 0 aliphatic carbocycles. The van der Waals surface area contributed by atoms with Crippen molar-refractivity contribution in [3.63, 3.8) is 0 Å². The molecule has 0 spiro atoms. The quantitative estimate of drug-likeness (QED) is 0.896. The van der Waals surface area contributed by atoms with E-state index in [1.807, 2.05) is 0 Å². The van der Waals surface area contributed by atoms with E-state index >= 15 is 0 Å². The van der Waals surface area contributed by atoms with Gasteiger partial charge in [0.15, 0.2) is 11.5 Å². The van der Waals surface area contributed by atoms with Crippen molar-refractivity contribution in [1.29, 1.82) is 0 Å². The van der Waals surface area contributed by atoms with Crippen LogP contribution in [0.1, 0.15) is 10.4 Å². The number of nitrogens with zero attached hydrogens (tertiary/aromatic N) is 1. The van der Waals surface area contributed by atoms with Gasteiger partial charge in [-0.15, -0.1) is 0 Å². The summed E-state index contributed by atoms with van der Waals surface area (Å²) in [6.45, 7) is -2.24. The first-order valence-corrected chi connectivity index (χ1v) is 6.20. The molecule has 0 aromatic heterocycles. The predicted octanol–water partition coefficient (Wildman–Crippen LogP) is 0.869. The average molecular weight is 300 g/mol. The minimum absolute atomic E-state index is 0.0302. The zero-order chi connectivity index (χ0) is 15.4. The Morgan fingerprint density at radius 2 is 2.14 bits per heavy atom. The summed E-state index contributed by atoms with van der Waals surface area (Å²) < 4.78 is 33.7. The maximum absolute atomic E-state index is 12.2. The normalized spacial score (nSPS) is 14.9. The lowest BCUT2D eigenvalue weighted by atomic mass is 10.1. The summed E-state index contributed by atoms with van der Waals surface area (Å²) in [5, 5.41) is 2.61. The Hall–Kier alpha value is -2.38. The number of methoxy groups -OCH3 is 1. The van der Waals surface area contributed by atoms with Gasteiger partial charge in [-0.05, 0) is 18.2 Å². The van der Waals surface area contributed by atoms with Crippen LogP contribution in [0, 0.1) is 0 Å². The smallest absolute Gasteiger partial charge is 0.387 e. The van der Waals surface area contributed by atoms with Crippen molar-refractivity contribution in [2.45, 2.75) is 6.61 Å². The summed E-state index contributed by atoms with van der Waals surface area (Å²) in [7, 11) is 1.29. The molecule has 1 N–H and O–H groups in total. The van der Waals surface area contributed by atoms with E-state index in [0.29, 0.717) is 13.1 Å². The standard InChI is InChI=1S/C13H14F2N2O4/c1-20-10-6-8(2-3-9(10)21-13(14)15)12(19)17-5-4-16-11(18)7-17/h2-3,6,13H,4-5,7H2,1H3,(H,16,18). The summed E-state index contributed by atoms with van der Waals surface area (Å²) in [6, 6.07) is 3.91. The zero-order valence-corrected chi connectivity index (χ0v) is 11.3. The van der Waals surface area contributed by atoms with Gasteiger partial charge in [0.05, 0.1) is 13.7 Å². The molecule has 1 aromatic rings. The van der Waals surface area contributed by atoms with Gasteiger partial charge < -0.3 is 19.7 Å². The van der Waals surface area contributed by atoms with Gasteiger partial charge in [0.1, 0.15) is 0 Å². The lowest BCUT2D eigenvalue weighted by molar-refractivity contribution is -0.123. The van der Waals surface area contributed by atoms with Gasteiger partial charge in [-0.3, -0.25) is 9.59 Å². The summed E-state index contributed by atoms with van der Waals surface area (Å²) in [4.78, 5) is 24.9. The van der Waals surface area contributed by atoms with Crippen LogP contribution in [0.5, 0.6) is 11.5 Å². The van der Waals surface area contributed by atoms with Crippen molar-refractivity contribution in [1.82, 2.24) is 10.2 Å². The molecule has 0 unspecified atom stereocenters. The fourth-order valence-corrected chi connectivity index (χ4v) is 1.99. The molecule has 2 rings (SSSR count). The van der Waals surface area contributed by atoms with Crippen molar-refractivity contribution in [3.05, 3.63) is 23.8 Å². The Balaban J connectivity index is 2.19. The third-order valence-corrected chi connectivity index (χ3v) is 2.95. The van der Waals surface area contributed by atoms with Crippen molar-refractivity contribution in [2.75, 3.05) is 26.7 Å². The molecule has 21 heavy (non-hydrogen) atoms. The monoisotopic (exact) mass is 300 g/mol. The van der Waals surface area contributed by atoms with Crippen LogP contribution in [0.15, 0.2) is 18.2 Å². The first-order valence-electron chi connectivity index (χ1n) is 6.20. The number of rotatable bonds is 4. The highest BCUT2D eigenvalue weighted by Gasteiger charge is 2.23. The van der Waals surface area contributed by atoms with Gasteiger partial charge in [0.25, 0.3) is 5.91 Å². The van der Waals surface area contributed by atoms with Crippen LogP contribution in [0.3, 0.4) is 0 Å². The van der Waals surface area contributed by atoms with E-state index < -0.39 is 6.61 Å². The van der Waals surface area contributed by atoms with Crippen molar-refractivity contribution >= 4 is 11.8 Å². The first kappa shape index (κ1) is 15.0. The summed E-state index contributed by atoms with van der Waals surface area (Å²) in [5.74, 6) is -0.728. The van der Waals surface area contributed by atoms with Gasteiger partial charge in [-0.25, -0.2) is 0 Å². The van der Waals surface area contributed by atoms with Crippen molar-refractivity contribution in [3.8, 4) is 11.5 Å². The molecule has 0 radical (unpaired) electrons. The topological polar surface area (TPSA) is 67.9 Å². The highest BCUT2D eigenvalue weighted by atomic mass is 19.3. The van der Waals surface area contributed by atoms with E-state index in [9.17, 15) is 18.4 Å². The van der Waals surface area contributed by atoms with Gasteiger partial charge in [0.2, 0.25) is 5.91 Å². The van der Waals surface area contributed by atoms with Crippen LogP contribution >= 0.6 is 0 Å². The van der Waals surface area contributed by atoms with Gasteiger partial charge in [-0.1, -0.05) is 0 Å². The number of hydrogen-bond acceptors (Lipinski definition) is 4. The van der Waals surface area contributed by atoms with Crippen LogP contribution in [0.25, 0.3) is 0 Å². The Kier molecular flexibility index (Phi) is 4.56. The number of nitrogens with one attached hydrogen (secondary N) is 1. The molecule has 114 valence electrons. The highest BCUT2D eigenvalue weighted by Crippen LogP contribution is 2.29. The molecule has 0 saturated carbocycles. The van der Waals surface area contributed by atoms with E-state index in [1.54, 1.807) is 0 Å². The van der Waals surface area contributed by atoms with Crippen molar-refractivity contribution < 1.29 is 27.8 Å². The molecular weight excluding hydrogens is 286 g/mol. The summed E-state index contributed by atoms with van der Waals surface area (Å²) >= 11 is 0. The van der Waals surface area contributed by atoms with E-state index in [0.717, 1.165) is 0 Å². The Labute approximate surface area is 119 Å². The number of alkyl halides is 2. The molecule has 1 fully saturated rings. The second-order valence-corrected chi connectivity index (χ2v) is 4.32. The average Bonchev–Trinajstić information content (AvgIpc) is 2.46. The fraction of sp³-hybridized carbons (Fsp3) is 0.385. The molecule has 1 heterocycles. The second-order valence-electron chi connectivity index (χ2n) is 4.32. The van der Waals surface area contributed by atoms with Gasteiger partial charge >= 0.3 is 6.61 Å². The molecule has 8 heteroatoms. The molecule has 1 aliphatic rings. The van der Waals surface area contributed by atoms with Crippen LogP contribution in [0.4, 0.5) is 8.78 Å². The minimum Gasteiger partial charge on any atom is -0.493 e. The van der Waals surface area contributed by atoms with E-state index in [1.165, 1.54) is 30.2 Å². The summed E-state index contributed by atoms with van der Waals surface area (Å²) in [6.07, 6.45) is 0. The lowest BCUT2D eigenvalue weighted by Gasteiger charge is -2.26. The fourth-order valence-electron chi connectivity index (χ4n) is 1.99. The van der Waals surface area contributed by atoms with E-state index in [4.69, 9.17) is 4.74 Å². The lowest BCUT2D eigenvalue weighted by Crippen LogP contribution is -2.49. The molecule has 0 bridgehead atoms. The number of ether oxygens (including phenoxy) is 2. The number of carbonyl (C=O) groups excluding carboxylic acids is 2. The SMILES string of the molecule is COc1cc(C(=O)N2CCNC(=O)C2)ccc1OC(F)F. The summed E-state index contributed by atoms with van der Waals surface area (Å²) in [5.41, 5.74) is 0.239. The third kappa shape index (κ3) is 3.59. The number of piperazine rings is 1. The van der Waals surface area contributed by atoms with E-state index in [-0.39, 0.29) is 35.4 Å². The molecule has 0 atom stereocenters. The van der Waals surface area contributed by atoms with Gasteiger partial charge in [0, 0.05) is 18.7 Å². The molecule has 1 aromatic carbocycles. The first-order chi connectivity index (χ1) is 10.0. The Morgan fingerprint density at radius 3 is 2.76 bits per heavy atom. The number of amides is 2. The number of hydrogen-bond donors (Lipinski definition) is 1. The molecule has 2 amide bonds. The molecule has 1 saturated heterocycles. The van der Waals surface area contributed by atoms with Crippen LogP contribution in [-0.4, -0.2) is 50.1 Å². The largest absolute Gasteiger partial charge is 0.493 e. The minimum atomic E-state index is -2.98. The number of carbonyl (C=O) groups is 2. The van der Waals surface area contributed by atoms with Crippen LogP contribution in [-0.2, 0) is 4.79 Å². The maximum Gasteiger partial charge on any atom is 0.387 e. The maximum atomic E-state index is 12.2. The van der Waals surface area contributed by atoms with Crippen LogP contribution < -0.4 is 14.8 Å². The highest BCUT2D eigenvalue weighted by molar-refractivity contribution is 5.97. The Morgan fingerprint density at radius 1 is 1.38 bits per heavy atom. The molecule has 1 aliphatic heterocycles. The molecular formula is C13H14F2N2O4. The van der Waals surface area contributed by atoms with Gasteiger partial charge in [-0.2, -0.15) is 8.78 Å². The van der Waals surface area contributed by atoms with Crippen molar-refractivity contribution in [2.24, 2.45) is 0 Å². The van der Waals surface area contributed by atoms with Crippen LogP contribution in [0.2, 0.25) is 0 Å².